The van der Waals surface area contributed by atoms with Gasteiger partial charge in [-0.2, -0.15) is 13.2 Å². The third-order valence-electron chi connectivity index (χ3n) is 5.39. The van der Waals surface area contributed by atoms with Gasteiger partial charge in [0.05, 0.1) is 17.5 Å². The Bertz CT molecular complexity index is 1370. The topological polar surface area (TPSA) is 101 Å². The van der Waals surface area contributed by atoms with Gasteiger partial charge in [-0.15, -0.1) is 0 Å². The summed E-state index contributed by atoms with van der Waals surface area (Å²) < 4.78 is 47.7. The number of nitrogens with one attached hydrogen (secondary N) is 1. The van der Waals surface area contributed by atoms with Crippen molar-refractivity contribution in [2.45, 2.75) is 35.0 Å². The van der Waals surface area contributed by atoms with Crippen LogP contribution in [0.4, 0.5) is 13.2 Å². The summed E-state index contributed by atoms with van der Waals surface area (Å²) in [6.07, 6.45) is -3.36. The minimum Gasteiger partial charge on any atom is -0.489 e. The fourth-order valence-electron chi connectivity index (χ4n) is 3.34. The van der Waals surface area contributed by atoms with Crippen molar-refractivity contribution in [1.82, 2.24) is 9.97 Å². The molecule has 0 amide bonds. The number of carboxylic acid groups (broad SMARTS) is 1. The number of hydrogen-bond acceptors (Lipinski definition) is 5. The number of aromatic nitrogens is 2. The van der Waals surface area contributed by atoms with Crippen LogP contribution < -0.4 is 10.5 Å². The maximum absolute atomic E-state index is 14.0. The van der Waals surface area contributed by atoms with E-state index in [2.05, 4.69) is 9.97 Å². The summed E-state index contributed by atoms with van der Waals surface area (Å²) in [5, 5.41) is 9.27. The minimum absolute atomic E-state index is 0.0143. The minimum atomic E-state index is -4.62. The van der Waals surface area contributed by atoms with Crippen molar-refractivity contribution in [2.75, 3.05) is 0 Å². The first-order chi connectivity index (χ1) is 17.0. The van der Waals surface area contributed by atoms with Crippen LogP contribution in [0, 0.1) is 0 Å². The van der Waals surface area contributed by atoms with Crippen LogP contribution in [-0.4, -0.2) is 21.0 Å². The molecule has 0 unspecified atom stereocenters. The van der Waals surface area contributed by atoms with Crippen LogP contribution in [0.15, 0.2) is 88.8 Å². The predicted octanol–water partition coefficient (Wildman–Crippen LogP) is 6.08. The summed E-state index contributed by atoms with van der Waals surface area (Å²) in [5.41, 5.74) is 4.52. The maximum Gasteiger partial charge on any atom is 0.417 e. The molecule has 10 heteroatoms. The molecule has 4 rings (SSSR count). The molecular formula is C26H22F3N3O3S. The first-order valence-corrected chi connectivity index (χ1v) is 11.6. The normalized spacial score (nSPS) is 13.2. The van der Waals surface area contributed by atoms with Crippen LogP contribution in [0.2, 0.25) is 0 Å². The SMILES string of the molecule is C[C@](N)(C(=O)O)c1ncc(-c2ccc(Sc3cccc(OCc4ccccc4)c3)c(C(F)(F)F)c2)[nH]1. The quantitative estimate of drug-likeness (QED) is 0.264. The standard InChI is InChI=1S/C26H22F3N3O3S/c1-25(30,24(33)34)23-31-14-21(32-23)17-10-11-22(20(12-17)26(27,28)29)36-19-9-5-8-18(13-19)35-15-16-6-3-2-4-7-16/h2-14H,15,30H2,1H3,(H,31,32)(H,33,34)/t25-/m1/s1. The molecule has 4 aromatic rings. The number of carboxylic acids is 1. The Kier molecular flexibility index (Phi) is 7.09. The van der Waals surface area contributed by atoms with E-state index in [0.717, 1.165) is 23.4 Å². The molecule has 0 radical (unpaired) electrons. The van der Waals surface area contributed by atoms with Gasteiger partial charge in [-0.3, -0.25) is 0 Å². The molecule has 0 spiro atoms. The zero-order valence-corrected chi connectivity index (χ0v) is 19.9. The number of hydrogen-bond donors (Lipinski definition) is 3. The van der Waals surface area contributed by atoms with Crippen LogP contribution >= 0.6 is 11.8 Å². The Labute approximate surface area is 209 Å². The van der Waals surface area contributed by atoms with Crippen molar-refractivity contribution >= 4 is 17.7 Å². The lowest BCUT2D eigenvalue weighted by atomic mass is 10.0. The number of nitrogens with two attached hydrogens (primary N) is 1. The third kappa shape index (κ3) is 5.72. The lowest BCUT2D eigenvalue weighted by Crippen LogP contribution is -2.42. The molecule has 0 bridgehead atoms. The number of H-pyrrole nitrogens is 1. The number of carbonyl (C=O) groups is 1. The molecule has 0 saturated carbocycles. The van der Waals surface area contributed by atoms with Crippen LogP contribution in [0.25, 0.3) is 11.3 Å². The lowest BCUT2D eigenvalue weighted by molar-refractivity contribution is -0.143. The van der Waals surface area contributed by atoms with Crippen LogP contribution in [0.1, 0.15) is 23.9 Å². The monoisotopic (exact) mass is 513 g/mol. The fourth-order valence-corrected chi connectivity index (χ4v) is 4.33. The van der Waals surface area contributed by atoms with Gasteiger partial charge in [0.15, 0.2) is 5.54 Å². The Hall–Kier alpha value is -3.76. The molecule has 4 N–H and O–H groups in total. The van der Waals surface area contributed by atoms with E-state index < -0.39 is 23.2 Å². The molecule has 186 valence electrons. The van der Waals surface area contributed by atoms with Gasteiger partial charge in [0.1, 0.15) is 18.2 Å². The Morgan fingerprint density at radius 2 is 1.83 bits per heavy atom. The highest BCUT2D eigenvalue weighted by Gasteiger charge is 2.35. The fraction of sp³-hybridized carbons (Fsp3) is 0.154. The van der Waals surface area contributed by atoms with E-state index in [1.165, 1.54) is 25.3 Å². The second kappa shape index (κ2) is 10.1. The second-order valence-corrected chi connectivity index (χ2v) is 9.33. The lowest BCUT2D eigenvalue weighted by Gasteiger charge is -2.16. The van der Waals surface area contributed by atoms with E-state index in [9.17, 15) is 23.1 Å². The van der Waals surface area contributed by atoms with Crippen molar-refractivity contribution in [3.05, 3.63) is 95.9 Å². The molecule has 0 aliphatic heterocycles. The van der Waals surface area contributed by atoms with Crippen molar-refractivity contribution in [3.8, 4) is 17.0 Å². The van der Waals surface area contributed by atoms with E-state index in [4.69, 9.17) is 10.5 Å². The number of imidazole rings is 1. The van der Waals surface area contributed by atoms with E-state index >= 15 is 0 Å². The summed E-state index contributed by atoms with van der Waals surface area (Å²) >= 11 is 0.971. The van der Waals surface area contributed by atoms with Gasteiger partial charge in [0.2, 0.25) is 0 Å². The zero-order chi connectivity index (χ0) is 25.9. The third-order valence-corrected chi connectivity index (χ3v) is 6.46. The van der Waals surface area contributed by atoms with Gasteiger partial charge < -0.3 is 20.6 Å². The number of alkyl halides is 3. The average Bonchev–Trinajstić information content (AvgIpc) is 3.34. The smallest absolute Gasteiger partial charge is 0.417 e. The zero-order valence-electron chi connectivity index (χ0n) is 19.0. The summed E-state index contributed by atoms with van der Waals surface area (Å²) in [6.45, 7) is 1.59. The first kappa shape index (κ1) is 25.3. The first-order valence-electron chi connectivity index (χ1n) is 10.8. The van der Waals surface area contributed by atoms with E-state index in [-0.39, 0.29) is 22.0 Å². The number of benzene rings is 3. The van der Waals surface area contributed by atoms with Gasteiger partial charge >= 0.3 is 12.1 Å². The molecule has 1 atom stereocenters. The van der Waals surface area contributed by atoms with Crippen molar-refractivity contribution in [2.24, 2.45) is 5.73 Å². The number of aromatic amines is 1. The van der Waals surface area contributed by atoms with Gasteiger partial charge in [0.25, 0.3) is 0 Å². The number of nitrogens with zero attached hydrogens (tertiary/aromatic N) is 1. The van der Waals surface area contributed by atoms with E-state index in [1.54, 1.807) is 24.3 Å². The number of rotatable bonds is 8. The van der Waals surface area contributed by atoms with Gasteiger partial charge in [-0.25, -0.2) is 9.78 Å². The van der Waals surface area contributed by atoms with Crippen LogP contribution in [-0.2, 0) is 23.1 Å². The highest BCUT2D eigenvalue weighted by molar-refractivity contribution is 7.99. The Morgan fingerprint density at radius 1 is 1.08 bits per heavy atom. The number of aliphatic carboxylic acids is 1. The molecule has 1 aromatic heterocycles. The molecule has 3 aromatic carbocycles. The summed E-state index contributed by atoms with van der Waals surface area (Å²) in [5.74, 6) is -0.840. The summed E-state index contributed by atoms with van der Waals surface area (Å²) in [4.78, 5) is 18.6. The predicted molar refractivity (Wildman–Crippen MR) is 130 cm³/mol. The molecule has 1 heterocycles. The van der Waals surface area contributed by atoms with Gasteiger partial charge in [0, 0.05) is 15.4 Å². The second-order valence-electron chi connectivity index (χ2n) is 8.21. The summed E-state index contributed by atoms with van der Waals surface area (Å²) in [6, 6.07) is 20.3. The highest BCUT2D eigenvalue weighted by Crippen LogP contribution is 2.42. The molecule has 0 saturated heterocycles. The molecular weight excluding hydrogens is 491 g/mol. The average molecular weight is 514 g/mol. The van der Waals surface area contributed by atoms with E-state index in [0.29, 0.717) is 17.3 Å². The molecule has 0 fully saturated rings. The largest absolute Gasteiger partial charge is 0.489 e. The Balaban J connectivity index is 1.58. The van der Waals surface area contributed by atoms with Gasteiger partial charge in [-0.1, -0.05) is 54.2 Å². The summed E-state index contributed by atoms with van der Waals surface area (Å²) in [7, 11) is 0. The van der Waals surface area contributed by atoms with Crippen molar-refractivity contribution < 1.29 is 27.8 Å². The van der Waals surface area contributed by atoms with Gasteiger partial charge in [-0.05, 0) is 42.8 Å². The van der Waals surface area contributed by atoms with E-state index in [1.807, 2.05) is 30.3 Å². The van der Waals surface area contributed by atoms with Crippen molar-refractivity contribution in [1.29, 1.82) is 0 Å². The maximum atomic E-state index is 14.0. The Morgan fingerprint density at radius 3 is 2.53 bits per heavy atom. The molecule has 0 aliphatic rings. The highest BCUT2D eigenvalue weighted by atomic mass is 32.2. The van der Waals surface area contributed by atoms with Crippen LogP contribution in [0.5, 0.6) is 5.75 Å². The van der Waals surface area contributed by atoms with Crippen molar-refractivity contribution in [3.63, 3.8) is 0 Å². The number of ether oxygens (including phenoxy) is 1. The number of halogens is 3. The molecule has 36 heavy (non-hydrogen) atoms. The molecule has 6 nitrogen and oxygen atoms in total. The van der Waals surface area contributed by atoms with Crippen LogP contribution in [0.3, 0.4) is 0 Å². The molecule has 0 aliphatic carbocycles.